The number of aromatic nitrogens is 3. The number of halogens is 1. The van der Waals surface area contributed by atoms with E-state index in [1.165, 1.54) is 5.69 Å². The lowest BCUT2D eigenvalue weighted by atomic mass is 10.2. The van der Waals surface area contributed by atoms with Crippen LogP contribution >= 0.6 is 15.9 Å². The molecular weight excluding hydrogens is 294 g/mol. The van der Waals surface area contributed by atoms with Gasteiger partial charge in [0, 0.05) is 26.2 Å². The number of fused-ring (bicyclic) bond motifs is 1. The fraction of sp³-hybridized carbons (Fsp3) is 0.500. The number of piperazine rings is 1. The van der Waals surface area contributed by atoms with E-state index in [4.69, 9.17) is 0 Å². The number of rotatable bonds is 1. The molecule has 0 bridgehead atoms. The molecule has 2 aromatic heterocycles. The zero-order chi connectivity index (χ0) is 12.7. The summed E-state index contributed by atoms with van der Waals surface area (Å²) < 4.78 is 2.86. The Morgan fingerprint density at radius 2 is 2.00 bits per heavy atom. The molecule has 5 nitrogen and oxygen atoms in total. The fourth-order valence-corrected chi connectivity index (χ4v) is 2.94. The molecule has 18 heavy (non-hydrogen) atoms. The third kappa shape index (κ3) is 1.80. The van der Waals surface area contributed by atoms with Gasteiger partial charge >= 0.3 is 0 Å². The Bertz CT molecular complexity index is 586. The van der Waals surface area contributed by atoms with Gasteiger partial charge in [0.2, 0.25) is 0 Å². The lowest BCUT2D eigenvalue weighted by molar-refractivity contribution is 0.585. The zero-order valence-electron chi connectivity index (χ0n) is 10.6. The molecule has 1 aliphatic heterocycles. The lowest BCUT2D eigenvalue weighted by Crippen LogP contribution is -2.44. The highest BCUT2D eigenvalue weighted by Crippen LogP contribution is 2.27. The Labute approximate surface area is 114 Å². The first-order valence-corrected chi connectivity index (χ1v) is 6.94. The summed E-state index contributed by atoms with van der Waals surface area (Å²) in [4.78, 5) is 7.05. The molecule has 2 aromatic rings. The van der Waals surface area contributed by atoms with Crippen LogP contribution in [0.3, 0.4) is 0 Å². The van der Waals surface area contributed by atoms with Gasteiger partial charge in [-0.3, -0.25) is 0 Å². The van der Waals surface area contributed by atoms with Gasteiger partial charge in [0.25, 0.3) is 0 Å². The molecular formula is C12H16BrN5. The SMILES string of the molecule is Cc1nc2c(Br)cnn2c(C)c1N1CCNCC1. The minimum atomic E-state index is 0.892. The van der Waals surface area contributed by atoms with Crippen LogP contribution in [-0.2, 0) is 0 Å². The molecule has 6 heteroatoms. The summed E-state index contributed by atoms with van der Waals surface area (Å²) in [5.74, 6) is 0. The van der Waals surface area contributed by atoms with E-state index < -0.39 is 0 Å². The largest absolute Gasteiger partial charge is 0.366 e. The first-order chi connectivity index (χ1) is 8.68. The normalized spacial score (nSPS) is 16.5. The van der Waals surface area contributed by atoms with Crippen molar-refractivity contribution < 1.29 is 0 Å². The average molecular weight is 310 g/mol. The molecule has 0 unspecified atom stereocenters. The summed E-state index contributed by atoms with van der Waals surface area (Å²) in [6.07, 6.45) is 1.80. The number of nitrogens with one attached hydrogen (secondary N) is 1. The Morgan fingerprint density at radius 1 is 1.28 bits per heavy atom. The Morgan fingerprint density at radius 3 is 2.72 bits per heavy atom. The fourth-order valence-electron chi connectivity index (χ4n) is 2.59. The van der Waals surface area contributed by atoms with Gasteiger partial charge < -0.3 is 10.2 Å². The maximum absolute atomic E-state index is 4.66. The molecule has 0 amide bonds. The molecule has 96 valence electrons. The predicted molar refractivity (Wildman–Crippen MR) is 75.2 cm³/mol. The van der Waals surface area contributed by atoms with Crippen molar-refractivity contribution in [1.82, 2.24) is 19.9 Å². The minimum Gasteiger partial charge on any atom is -0.366 e. The average Bonchev–Trinajstić information content (AvgIpc) is 2.73. The smallest absolute Gasteiger partial charge is 0.169 e. The third-order valence-electron chi connectivity index (χ3n) is 3.41. The Balaban J connectivity index is 2.16. The summed E-state index contributed by atoms with van der Waals surface area (Å²) in [6, 6.07) is 0. The summed E-state index contributed by atoms with van der Waals surface area (Å²) in [5.41, 5.74) is 4.34. The highest BCUT2D eigenvalue weighted by Gasteiger charge is 2.19. The van der Waals surface area contributed by atoms with Crippen LogP contribution in [0.15, 0.2) is 10.7 Å². The van der Waals surface area contributed by atoms with E-state index >= 15 is 0 Å². The van der Waals surface area contributed by atoms with E-state index in [-0.39, 0.29) is 0 Å². The Kier molecular flexibility index (Phi) is 2.99. The lowest BCUT2D eigenvalue weighted by Gasteiger charge is -2.31. The molecule has 0 aliphatic carbocycles. The second-order valence-corrected chi connectivity index (χ2v) is 5.45. The van der Waals surface area contributed by atoms with Crippen molar-refractivity contribution >= 4 is 27.3 Å². The highest BCUT2D eigenvalue weighted by atomic mass is 79.9. The van der Waals surface area contributed by atoms with Gasteiger partial charge in [-0.05, 0) is 29.8 Å². The molecule has 1 fully saturated rings. The van der Waals surface area contributed by atoms with E-state index in [0.717, 1.165) is 47.7 Å². The zero-order valence-corrected chi connectivity index (χ0v) is 12.2. The van der Waals surface area contributed by atoms with Gasteiger partial charge in [0.05, 0.1) is 27.7 Å². The number of anilines is 1. The second kappa shape index (κ2) is 4.51. The van der Waals surface area contributed by atoms with E-state index in [0.29, 0.717) is 0 Å². The maximum atomic E-state index is 4.66. The standard InChI is InChI=1S/C12H16BrN5/c1-8-11(17-5-3-14-4-6-17)9(2)18-12(16-8)10(13)7-15-18/h7,14H,3-6H2,1-2H3. The predicted octanol–water partition coefficient (Wildman–Crippen LogP) is 1.52. The Hall–Kier alpha value is -1.14. The van der Waals surface area contributed by atoms with E-state index in [9.17, 15) is 0 Å². The van der Waals surface area contributed by atoms with Crippen molar-refractivity contribution in [2.75, 3.05) is 31.1 Å². The first kappa shape index (κ1) is 11.9. The van der Waals surface area contributed by atoms with Crippen LogP contribution in [0.5, 0.6) is 0 Å². The monoisotopic (exact) mass is 309 g/mol. The van der Waals surface area contributed by atoms with E-state index in [2.05, 4.69) is 50.1 Å². The number of aryl methyl sites for hydroxylation is 2. The minimum absolute atomic E-state index is 0.892. The number of hydrogen-bond donors (Lipinski definition) is 1. The van der Waals surface area contributed by atoms with Gasteiger partial charge in [-0.2, -0.15) is 5.10 Å². The molecule has 0 saturated carbocycles. The molecule has 1 saturated heterocycles. The van der Waals surface area contributed by atoms with Crippen LogP contribution in [0.1, 0.15) is 11.4 Å². The van der Waals surface area contributed by atoms with Crippen molar-refractivity contribution in [1.29, 1.82) is 0 Å². The van der Waals surface area contributed by atoms with Crippen LogP contribution in [0.4, 0.5) is 5.69 Å². The van der Waals surface area contributed by atoms with E-state index in [1.807, 2.05) is 4.52 Å². The van der Waals surface area contributed by atoms with Gasteiger partial charge in [-0.1, -0.05) is 0 Å². The molecule has 0 aromatic carbocycles. The summed E-state index contributed by atoms with van der Waals surface area (Å²) in [6.45, 7) is 8.29. The second-order valence-electron chi connectivity index (χ2n) is 4.60. The number of nitrogens with zero attached hydrogens (tertiary/aromatic N) is 4. The molecule has 1 N–H and O–H groups in total. The van der Waals surface area contributed by atoms with Gasteiger partial charge in [0.1, 0.15) is 0 Å². The van der Waals surface area contributed by atoms with Crippen molar-refractivity contribution in [2.45, 2.75) is 13.8 Å². The van der Waals surface area contributed by atoms with Gasteiger partial charge in [-0.15, -0.1) is 0 Å². The molecule has 3 rings (SSSR count). The van der Waals surface area contributed by atoms with Crippen LogP contribution in [0.25, 0.3) is 5.65 Å². The van der Waals surface area contributed by atoms with Crippen LogP contribution in [-0.4, -0.2) is 40.8 Å². The quantitative estimate of drug-likeness (QED) is 0.867. The van der Waals surface area contributed by atoms with Crippen molar-refractivity contribution in [3.05, 3.63) is 22.1 Å². The molecule has 1 aliphatic rings. The number of hydrogen-bond acceptors (Lipinski definition) is 4. The summed E-state index contributed by atoms with van der Waals surface area (Å²) in [5, 5.41) is 7.75. The van der Waals surface area contributed by atoms with Crippen molar-refractivity contribution in [2.24, 2.45) is 0 Å². The van der Waals surface area contributed by atoms with Crippen LogP contribution in [0.2, 0.25) is 0 Å². The van der Waals surface area contributed by atoms with Crippen LogP contribution < -0.4 is 10.2 Å². The highest BCUT2D eigenvalue weighted by molar-refractivity contribution is 9.10. The summed E-state index contributed by atoms with van der Waals surface area (Å²) >= 11 is 3.49. The maximum Gasteiger partial charge on any atom is 0.169 e. The molecule has 0 radical (unpaired) electrons. The van der Waals surface area contributed by atoms with Crippen molar-refractivity contribution in [3.63, 3.8) is 0 Å². The van der Waals surface area contributed by atoms with Crippen LogP contribution in [0, 0.1) is 13.8 Å². The molecule has 0 spiro atoms. The van der Waals surface area contributed by atoms with Gasteiger partial charge in [0.15, 0.2) is 5.65 Å². The van der Waals surface area contributed by atoms with Gasteiger partial charge in [-0.25, -0.2) is 9.50 Å². The summed E-state index contributed by atoms with van der Waals surface area (Å²) in [7, 11) is 0. The first-order valence-electron chi connectivity index (χ1n) is 6.14. The molecule has 3 heterocycles. The third-order valence-corrected chi connectivity index (χ3v) is 3.97. The topological polar surface area (TPSA) is 45.5 Å². The molecule has 0 atom stereocenters. The van der Waals surface area contributed by atoms with E-state index in [1.54, 1.807) is 6.20 Å². The van der Waals surface area contributed by atoms with Crippen molar-refractivity contribution in [3.8, 4) is 0 Å².